The molecule has 2 aliphatic heterocycles. The van der Waals surface area contributed by atoms with E-state index in [-0.39, 0.29) is 0 Å². The van der Waals surface area contributed by atoms with Crippen molar-refractivity contribution in [3.63, 3.8) is 0 Å². The number of hydrogen-bond donors (Lipinski definition) is 0. The fraction of sp³-hybridized carbons (Fsp3) is 0.450. The SMILES string of the molecule is Cc1cc(-c2cnc(N3CCN4CCCC[C@H]4C3)nc2-c2cccs2)on1. The summed E-state index contributed by atoms with van der Waals surface area (Å²) in [7, 11) is 0. The summed E-state index contributed by atoms with van der Waals surface area (Å²) in [4.78, 5) is 15.8. The van der Waals surface area contributed by atoms with E-state index in [1.165, 1.54) is 25.8 Å². The van der Waals surface area contributed by atoms with Gasteiger partial charge in [-0.2, -0.15) is 0 Å². The van der Waals surface area contributed by atoms with Gasteiger partial charge in [0, 0.05) is 37.9 Å². The van der Waals surface area contributed by atoms with Gasteiger partial charge in [0.25, 0.3) is 0 Å². The number of piperazine rings is 1. The van der Waals surface area contributed by atoms with Crippen LogP contribution in [0.3, 0.4) is 0 Å². The van der Waals surface area contributed by atoms with E-state index < -0.39 is 0 Å². The minimum atomic E-state index is 0.637. The van der Waals surface area contributed by atoms with Crippen LogP contribution in [-0.4, -0.2) is 52.2 Å². The molecule has 5 rings (SSSR count). The lowest BCUT2D eigenvalue weighted by Crippen LogP contribution is -2.55. The molecule has 140 valence electrons. The molecule has 2 aliphatic rings. The van der Waals surface area contributed by atoms with Crippen LogP contribution in [0.25, 0.3) is 21.9 Å². The Morgan fingerprint density at radius 1 is 1.22 bits per heavy atom. The lowest BCUT2D eigenvalue weighted by molar-refractivity contribution is 0.133. The van der Waals surface area contributed by atoms with Gasteiger partial charge in [0.1, 0.15) is 0 Å². The van der Waals surface area contributed by atoms with Crippen molar-refractivity contribution in [3.8, 4) is 21.9 Å². The number of piperidine rings is 1. The topological polar surface area (TPSA) is 58.3 Å². The van der Waals surface area contributed by atoms with Gasteiger partial charge in [-0.15, -0.1) is 11.3 Å². The van der Waals surface area contributed by atoms with Gasteiger partial charge in [0.05, 0.1) is 21.8 Å². The van der Waals surface area contributed by atoms with E-state index in [0.29, 0.717) is 6.04 Å². The Kier molecular flexibility index (Phi) is 4.41. The third-order valence-electron chi connectivity index (χ3n) is 5.54. The summed E-state index contributed by atoms with van der Waals surface area (Å²) >= 11 is 1.69. The van der Waals surface area contributed by atoms with Crippen molar-refractivity contribution in [3.05, 3.63) is 35.5 Å². The van der Waals surface area contributed by atoms with E-state index in [1.54, 1.807) is 11.3 Å². The summed E-state index contributed by atoms with van der Waals surface area (Å²) < 4.78 is 5.50. The average molecular weight is 382 g/mol. The van der Waals surface area contributed by atoms with Crippen LogP contribution in [0.1, 0.15) is 25.0 Å². The third kappa shape index (κ3) is 3.26. The van der Waals surface area contributed by atoms with Crippen molar-refractivity contribution in [2.24, 2.45) is 0 Å². The fourth-order valence-electron chi connectivity index (χ4n) is 4.13. The monoisotopic (exact) mass is 381 g/mol. The molecule has 0 N–H and O–H groups in total. The molecule has 3 aromatic heterocycles. The second-order valence-electron chi connectivity index (χ2n) is 7.37. The molecule has 2 saturated heterocycles. The Balaban J connectivity index is 1.50. The highest BCUT2D eigenvalue weighted by Gasteiger charge is 2.30. The number of hydrogen-bond acceptors (Lipinski definition) is 7. The molecule has 6 nitrogen and oxygen atoms in total. The van der Waals surface area contributed by atoms with E-state index in [0.717, 1.165) is 53.2 Å². The lowest BCUT2D eigenvalue weighted by atomic mass is 10.00. The Hall–Kier alpha value is -2.25. The van der Waals surface area contributed by atoms with Crippen molar-refractivity contribution in [1.29, 1.82) is 0 Å². The van der Waals surface area contributed by atoms with Gasteiger partial charge in [-0.1, -0.05) is 17.6 Å². The standard InChI is InChI=1S/C20H23N5OS/c1-14-11-17(26-23-14)16-12-21-20(22-19(16)18-6-4-10-27-18)25-9-8-24-7-3-2-5-15(24)13-25/h4,6,10-12,15H,2-3,5,7-9,13H2,1H3/t15-/m0/s1. The van der Waals surface area contributed by atoms with Gasteiger partial charge < -0.3 is 9.42 Å². The molecule has 0 radical (unpaired) electrons. The largest absolute Gasteiger partial charge is 0.356 e. The molecular weight excluding hydrogens is 358 g/mol. The van der Waals surface area contributed by atoms with Crippen LogP contribution >= 0.6 is 11.3 Å². The summed E-state index contributed by atoms with van der Waals surface area (Å²) in [5.41, 5.74) is 2.69. The number of fused-ring (bicyclic) bond motifs is 1. The maximum Gasteiger partial charge on any atom is 0.226 e. The van der Waals surface area contributed by atoms with Crippen molar-refractivity contribution in [2.45, 2.75) is 32.2 Å². The highest BCUT2D eigenvalue weighted by molar-refractivity contribution is 7.13. The molecule has 0 saturated carbocycles. The van der Waals surface area contributed by atoms with Crippen LogP contribution in [0, 0.1) is 6.92 Å². The quantitative estimate of drug-likeness (QED) is 0.687. The highest BCUT2D eigenvalue weighted by Crippen LogP contribution is 2.34. The third-order valence-corrected chi connectivity index (χ3v) is 6.42. The second-order valence-corrected chi connectivity index (χ2v) is 8.32. The Bertz CT molecular complexity index is 922. The zero-order valence-electron chi connectivity index (χ0n) is 15.5. The van der Waals surface area contributed by atoms with Crippen molar-refractivity contribution in [2.75, 3.05) is 31.1 Å². The summed E-state index contributed by atoms with van der Waals surface area (Å²) in [6.45, 7) is 6.28. The molecule has 0 aliphatic carbocycles. The molecule has 1 atom stereocenters. The molecule has 0 bridgehead atoms. The molecule has 5 heterocycles. The van der Waals surface area contributed by atoms with Gasteiger partial charge >= 0.3 is 0 Å². The van der Waals surface area contributed by atoms with Crippen LogP contribution < -0.4 is 4.90 Å². The van der Waals surface area contributed by atoms with Crippen molar-refractivity contribution >= 4 is 17.3 Å². The average Bonchev–Trinajstić information content (AvgIpc) is 3.39. The summed E-state index contributed by atoms with van der Waals surface area (Å²) in [5.74, 6) is 1.54. The fourth-order valence-corrected chi connectivity index (χ4v) is 4.86. The molecule has 0 aromatic carbocycles. The molecular formula is C20H23N5OS. The molecule has 0 unspecified atom stereocenters. The van der Waals surface area contributed by atoms with E-state index in [1.807, 2.05) is 19.2 Å². The minimum absolute atomic E-state index is 0.637. The van der Waals surface area contributed by atoms with Crippen LogP contribution in [0.15, 0.2) is 34.3 Å². The van der Waals surface area contributed by atoms with Gasteiger partial charge in [0.2, 0.25) is 5.95 Å². The first-order valence-electron chi connectivity index (χ1n) is 9.61. The summed E-state index contributed by atoms with van der Waals surface area (Å²) in [6, 6.07) is 6.73. The predicted octanol–water partition coefficient (Wildman–Crippen LogP) is 3.84. The number of anilines is 1. The van der Waals surface area contributed by atoms with Crippen LogP contribution in [-0.2, 0) is 0 Å². The van der Waals surface area contributed by atoms with E-state index in [9.17, 15) is 0 Å². The summed E-state index contributed by atoms with van der Waals surface area (Å²) in [5, 5.41) is 6.11. The normalized spacial score (nSPS) is 20.6. The first-order valence-corrected chi connectivity index (χ1v) is 10.5. The zero-order chi connectivity index (χ0) is 18.2. The number of nitrogens with zero attached hydrogens (tertiary/aromatic N) is 5. The van der Waals surface area contributed by atoms with Gasteiger partial charge in [-0.05, 0) is 37.8 Å². The van der Waals surface area contributed by atoms with E-state index >= 15 is 0 Å². The molecule has 3 aromatic rings. The second kappa shape index (κ2) is 7.05. The zero-order valence-corrected chi connectivity index (χ0v) is 16.3. The Labute approximate surface area is 162 Å². The van der Waals surface area contributed by atoms with Gasteiger partial charge in [0.15, 0.2) is 5.76 Å². The molecule has 7 heteroatoms. The first kappa shape index (κ1) is 16.9. The van der Waals surface area contributed by atoms with Crippen molar-refractivity contribution in [1.82, 2.24) is 20.0 Å². The molecule has 2 fully saturated rings. The molecule has 27 heavy (non-hydrogen) atoms. The maximum atomic E-state index is 5.50. The van der Waals surface area contributed by atoms with Crippen LogP contribution in [0.5, 0.6) is 0 Å². The molecule has 0 amide bonds. The predicted molar refractivity (Wildman–Crippen MR) is 107 cm³/mol. The van der Waals surface area contributed by atoms with Crippen LogP contribution in [0.2, 0.25) is 0 Å². The van der Waals surface area contributed by atoms with Gasteiger partial charge in [-0.3, -0.25) is 4.90 Å². The van der Waals surface area contributed by atoms with Gasteiger partial charge in [-0.25, -0.2) is 9.97 Å². The van der Waals surface area contributed by atoms with Crippen LogP contribution in [0.4, 0.5) is 5.95 Å². The number of aryl methyl sites for hydroxylation is 1. The van der Waals surface area contributed by atoms with Crippen molar-refractivity contribution < 1.29 is 4.52 Å². The Morgan fingerprint density at radius 2 is 2.19 bits per heavy atom. The molecule has 0 spiro atoms. The first-order chi connectivity index (χ1) is 13.3. The number of aromatic nitrogens is 3. The summed E-state index contributed by atoms with van der Waals surface area (Å²) in [6.07, 6.45) is 5.84. The van der Waals surface area contributed by atoms with E-state index in [4.69, 9.17) is 14.5 Å². The Morgan fingerprint density at radius 3 is 3.00 bits per heavy atom. The number of rotatable bonds is 3. The van der Waals surface area contributed by atoms with E-state index in [2.05, 4.69) is 32.5 Å². The smallest absolute Gasteiger partial charge is 0.226 e. The minimum Gasteiger partial charge on any atom is -0.356 e. The lowest BCUT2D eigenvalue weighted by Gasteiger charge is -2.44. The highest BCUT2D eigenvalue weighted by atomic mass is 32.1. The maximum absolute atomic E-state index is 5.50. The number of thiophene rings is 1.